The van der Waals surface area contributed by atoms with Crippen LogP contribution in [0.3, 0.4) is 0 Å². The molecule has 0 bridgehead atoms. The molecule has 0 aromatic heterocycles. The Hall–Kier alpha value is -0.470. The number of benzene rings is 1. The highest BCUT2D eigenvalue weighted by molar-refractivity contribution is 8.00. The van der Waals surface area contributed by atoms with E-state index in [2.05, 4.69) is 82.9 Å². The second-order valence-electron chi connectivity index (χ2n) is 6.32. The van der Waals surface area contributed by atoms with E-state index in [0.717, 1.165) is 18.9 Å². The molecule has 1 aromatic carbocycles. The molecule has 21 heavy (non-hydrogen) atoms. The highest BCUT2D eigenvalue weighted by Gasteiger charge is 2.22. The first kappa shape index (κ1) is 18.6. The molecule has 1 N–H and O–H groups in total. The van der Waals surface area contributed by atoms with Gasteiger partial charge in [0.25, 0.3) is 0 Å². The first-order chi connectivity index (χ1) is 9.99. The number of thioether (sulfide) groups is 1. The maximum absolute atomic E-state index is 3.75. The average molecular weight is 308 g/mol. The fourth-order valence-corrected chi connectivity index (χ4v) is 3.79. The maximum atomic E-state index is 3.75. The van der Waals surface area contributed by atoms with Gasteiger partial charge in [0.15, 0.2) is 0 Å². The van der Waals surface area contributed by atoms with E-state index in [1.165, 1.54) is 17.5 Å². The van der Waals surface area contributed by atoms with Crippen molar-refractivity contribution in [3.8, 4) is 0 Å². The topological polar surface area (TPSA) is 12.0 Å². The van der Waals surface area contributed by atoms with Gasteiger partial charge < -0.3 is 5.32 Å². The van der Waals surface area contributed by atoms with Crippen LogP contribution < -0.4 is 5.32 Å². The Balaban J connectivity index is 2.82. The lowest BCUT2D eigenvalue weighted by Crippen LogP contribution is -2.30. The number of rotatable bonds is 9. The molecular weight excluding hydrogens is 274 g/mol. The minimum absolute atomic E-state index is 0.446. The summed E-state index contributed by atoms with van der Waals surface area (Å²) in [5.74, 6) is 0.728. The van der Waals surface area contributed by atoms with Gasteiger partial charge in [0, 0.05) is 16.5 Å². The summed E-state index contributed by atoms with van der Waals surface area (Å²) >= 11 is 2.11. The highest BCUT2D eigenvalue weighted by Crippen LogP contribution is 2.32. The van der Waals surface area contributed by atoms with Crippen LogP contribution in [-0.2, 0) is 6.42 Å². The van der Waals surface area contributed by atoms with E-state index in [9.17, 15) is 0 Å². The quantitative estimate of drug-likeness (QED) is 0.650. The summed E-state index contributed by atoms with van der Waals surface area (Å²) in [6.07, 6.45) is 2.29. The average Bonchev–Trinajstić information content (AvgIpc) is 2.48. The predicted octanol–water partition coefficient (Wildman–Crippen LogP) is 5.46. The highest BCUT2D eigenvalue weighted by atomic mass is 32.2. The van der Waals surface area contributed by atoms with Crippen molar-refractivity contribution in [3.63, 3.8) is 0 Å². The van der Waals surface area contributed by atoms with Gasteiger partial charge in [-0.1, -0.05) is 65.8 Å². The molecule has 1 nitrogen and oxygen atoms in total. The zero-order valence-corrected chi connectivity index (χ0v) is 15.5. The monoisotopic (exact) mass is 307 g/mol. The Labute approximate surface area is 136 Å². The first-order valence-corrected chi connectivity index (χ1v) is 9.41. The van der Waals surface area contributed by atoms with Gasteiger partial charge in [-0.15, -0.1) is 0 Å². The van der Waals surface area contributed by atoms with E-state index in [-0.39, 0.29) is 0 Å². The standard InChI is InChI=1S/C19H33NS/c1-7-13-20-19(16(6)21-15(5)14(3)4)18-11-9-17(8-2)10-12-18/h9-12,14-16,19-20H,7-8,13H2,1-6H3. The van der Waals surface area contributed by atoms with Gasteiger partial charge in [0.1, 0.15) is 0 Å². The summed E-state index contributed by atoms with van der Waals surface area (Å²) in [4.78, 5) is 0. The van der Waals surface area contributed by atoms with E-state index in [1.807, 2.05) is 0 Å². The van der Waals surface area contributed by atoms with E-state index in [1.54, 1.807) is 0 Å². The molecule has 0 aliphatic heterocycles. The lowest BCUT2D eigenvalue weighted by molar-refractivity contribution is 0.524. The molecule has 0 spiro atoms. The Morgan fingerprint density at radius 1 is 0.952 bits per heavy atom. The van der Waals surface area contributed by atoms with Crippen LogP contribution in [0.1, 0.15) is 65.1 Å². The van der Waals surface area contributed by atoms with Crippen molar-refractivity contribution in [1.29, 1.82) is 0 Å². The Morgan fingerprint density at radius 3 is 2.05 bits per heavy atom. The largest absolute Gasteiger partial charge is 0.309 e. The Morgan fingerprint density at radius 2 is 1.57 bits per heavy atom. The van der Waals surface area contributed by atoms with Crippen molar-refractivity contribution >= 4 is 11.8 Å². The van der Waals surface area contributed by atoms with Gasteiger partial charge in [-0.05, 0) is 36.4 Å². The fraction of sp³-hybridized carbons (Fsp3) is 0.684. The van der Waals surface area contributed by atoms with Crippen molar-refractivity contribution in [2.45, 2.75) is 70.9 Å². The molecule has 0 fully saturated rings. The number of aryl methyl sites for hydroxylation is 1. The SMILES string of the molecule is CCCNC(c1ccc(CC)cc1)C(C)SC(C)C(C)C. The van der Waals surface area contributed by atoms with Crippen molar-refractivity contribution in [3.05, 3.63) is 35.4 Å². The second kappa shape index (κ2) is 9.53. The summed E-state index contributed by atoms with van der Waals surface area (Å²) < 4.78 is 0. The van der Waals surface area contributed by atoms with Crippen LogP contribution in [0.15, 0.2) is 24.3 Å². The van der Waals surface area contributed by atoms with Crippen LogP contribution in [0.4, 0.5) is 0 Å². The number of nitrogens with one attached hydrogen (secondary N) is 1. The molecule has 0 saturated carbocycles. The smallest absolute Gasteiger partial charge is 0.0438 e. The molecule has 0 radical (unpaired) electrons. The lowest BCUT2D eigenvalue weighted by Gasteiger charge is -2.29. The zero-order chi connectivity index (χ0) is 15.8. The minimum Gasteiger partial charge on any atom is -0.309 e. The molecule has 120 valence electrons. The van der Waals surface area contributed by atoms with Crippen molar-refractivity contribution in [2.75, 3.05) is 6.54 Å². The molecule has 0 saturated heterocycles. The van der Waals surface area contributed by atoms with Gasteiger partial charge in [-0.25, -0.2) is 0 Å². The van der Waals surface area contributed by atoms with Crippen molar-refractivity contribution in [2.24, 2.45) is 5.92 Å². The molecule has 0 amide bonds. The van der Waals surface area contributed by atoms with E-state index < -0.39 is 0 Å². The van der Waals surface area contributed by atoms with Crippen LogP contribution in [0.2, 0.25) is 0 Å². The normalized spacial score (nSPS) is 16.0. The van der Waals surface area contributed by atoms with Crippen LogP contribution in [0.5, 0.6) is 0 Å². The van der Waals surface area contributed by atoms with Gasteiger partial charge in [0.05, 0.1) is 0 Å². The molecule has 0 heterocycles. The van der Waals surface area contributed by atoms with Crippen LogP contribution >= 0.6 is 11.8 Å². The third-order valence-electron chi connectivity index (χ3n) is 4.20. The second-order valence-corrected chi connectivity index (χ2v) is 8.08. The molecule has 1 rings (SSSR count). The van der Waals surface area contributed by atoms with Gasteiger partial charge in [0.2, 0.25) is 0 Å². The number of hydrogen-bond donors (Lipinski definition) is 1. The van der Waals surface area contributed by atoms with Gasteiger partial charge in [-0.3, -0.25) is 0 Å². The minimum atomic E-state index is 0.446. The summed E-state index contributed by atoms with van der Waals surface area (Å²) in [5.41, 5.74) is 2.85. The zero-order valence-electron chi connectivity index (χ0n) is 14.6. The van der Waals surface area contributed by atoms with Gasteiger partial charge in [-0.2, -0.15) is 11.8 Å². The molecule has 1 aromatic rings. The van der Waals surface area contributed by atoms with E-state index in [4.69, 9.17) is 0 Å². The van der Waals surface area contributed by atoms with Crippen LogP contribution in [0.25, 0.3) is 0 Å². The van der Waals surface area contributed by atoms with Gasteiger partial charge >= 0.3 is 0 Å². The van der Waals surface area contributed by atoms with E-state index >= 15 is 0 Å². The summed E-state index contributed by atoms with van der Waals surface area (Å²) in [7, 11) is 0. The summed E-state index contributed by atoms with van der Waals surface area (Å²) in [6, 6.07) is 9.62. The van der Waals surface area contributed by atoms with Crippen LogP contribution in [0, 0.1) is 5.92 Å². The summed E-state index contributed by atoms with van der Waals surface area (Å²) in [5, 5.41) is 5.03. The lowest BCUT2D eigenvalue weighted by atomic mass is 10.0. The Kier molecular flexibility index (Phi) is 8.43. The van der Waals surface area contributed by atoms with Crippen molar-refractivity contribution in [1.82, 2.24) is 5.32 Å². The molecule has 0 aliphatic carbocycles. The maximum Gasteiger partial charge on any atom is 0.0438 e. The molecule has 3 atom stereocenters. The van der Waals surface area contributed by atoms with Crippen molar-refractivity contribution < 1.29 is 0 Å². The van der Waals surface area contributed by atoms with E-state index in [0.29, 0.717) is 16.5 Å². The molecular formula is C19H33NS. The third kappa shape index (κ3) is 6.04. The molecule has 0 aliphatic rings. The molecule has 2 heteroatoms. The predicted molar refractivity (Wildman–Crippen MR) is 98.2 cm³/mol. The Bertz CT molecular complexity index is 385. The third-order valence-corrected chi connectivity index (χ3v) is 5.87. The van der Waals surface area contributed by atoms with Crippen LogP contribution in [-0.4, -0.2) is 17.0 Å². The number of hydrogen-bond acceptors (Lipinski definition) is 2. The fourth-order valence-electron chi connectivity index (χ4n) is 2.39. The summed E-state index contributed by atoms with van der Waals surface area (Å²) in [6.45, 7) is 14.9. The first-order valence-electron chi connectivity index (χ1n) is 8.47. The molecule has 3 unspecified atom stereocenters.